The number of hydrogen-bond acceptors (Lipinski definition) is 9. The van der Waals surface area contributed by atoms with Gasteiger partial charge in [-0.2, -0.15) is 0 Å². The first-order valence-electron chi connectivity index (χ1n) is 11.4. The van der Waals surface area contributed by atoms with Gasteiger partial charge in [0.05, 0.1) is 16.3 Å². The molecular weight excluding hydrogens is 595 g/mol. The maximum Gasteiger partial charge on any atom is 0.356 e. The lowest BCUT2D eigenvalue weighted by Crippen LogP contribution is -2.83. The van der Waals surface area contributed by atoms with Crippen molar-refractivity contribution in [1.29, 1.82) is 0 Å². The van der Waals surface area contributed by atoms with E-state index in [1.807, 2.05) is 0 Å². The van der Waals surface area contributed by atoms with Crippen LogP contribution in [0.2, 0.25) is 10.0 Å². The zero-order valence-electron chi connectivity index (χ0n) is 21.1. The smallest absolute Gasteiger partial charge is 0.356 e. The van der Waals surface area contributed by atoms with Gasteiger partial charge in [0.2, 0.25) is 11.4 Å². The number of ether oxygens (including phenoxy) is 1. The van der Waals surface area contributed by atoms with Gasteiger partial charge in [0.25, 0.3) is 5.91 Å². The molecule has 39 heavy (non-hydrogen) atoms. The number of nitrogens with zero attached hydrogens (tertiary/aromatic N) is 1. The van der Waals surface area contributed by atoms with Crippen LogP contribution in [0.25, 0.3) is 0 Å². The molecule has 0 aliphatic carbocycles. The molecule has 2 amide bonds. The SMILES string of the molecule is CCC(=O)C1=C(C(=O)OC(C)(C)C)N2C(=O)C(NC(=O)CSc3cc(Cl)ccc3Cl)(C(=O)O)[C@@H]2SC1C(=O)O. The fraction of sp³-hybridized carbons (Fsp3) is 0.417. The number of carbonyl (C=O) groups is 6. The highest BCUT2D eigenvalue weighted by Gasteiger charge is 2.72. The lowest BCUT2D eigenvalue weighted by atomic mass is 9.85. The number of aliphatic carboxylic acids is 2. The second-order valence-corrected chi connectivity index (χ2v) is 12.5. The number of β-lactam (4-membered cyclic amide) rings is 1. The van der Waals surface area contributed by atoms with Gasteiger partial charge in [-0.1, -0.05) is 30.1 Å². The van der Waals surface area contributed by atoms with E-state index in [1.54, 1.807) is 6.07 Å². The normalized spacial score (nSPS) is 22.5. The first kappa shape index (κ1) is 30.8. The van der Waals surface area contributed by atoms with Crippen molar-refractivity contribution in [3.05, 3.63) is 39.5 Å². The Bertz CT molecular complexity index is 1310. The largest absolute Gasteiger partial charge is 0.480 e. The van der Waals surface area contributed by atoms with Gasteiger partial charge in [-0.05, 0) is 39.0 Å². The molecule has 1 fully saturated rings. The van der Waals surface area contributed by atoms with Crippen LogP contribution < -0.4 is 5.32 Å². The molecule has 2 heterocycles. The number of carboxylic acids is 2. The van der Waals surface area contributed by atoms with Crippen LogP contribution in [0, 0.1) is 0 Å². The molecule has 3 N–H and O–H groups in total. The maximum atomic E-state index is 13.5. The lowest BCUT2D eigenvalue weighted by Gasteiger charge is -2.55. The molecule has 3 atom stereocenters. The number of rotatable bonds is 9. The van der Waals surface area contributed by atoms with Crippen LogP contribution in [0.3, 0.4) is 0 Å². The molecule has 15 heteroatoms. The van der Waals surface area contributed by atoms with Crippen LogP contribution in [-0.2, 0) is 33.5 Å². The molecule has 0 radical (unpaired) electrons. The Balaban J connectivity index is 2.01. The maximum absolute atomic E-state index is 13.5. The molecule has 2 unspecified atom stereocenters. The summed E-state index contributed by atoms with van der Waals surface area (Å²) in [6, 6.07) is 4.56. The van der Waals surface area contributed by atoms with Crippen molar-refractivity contribution in [2.24, 2.45) is 0 Å². The number of esters is 1. The van der Waals surface area contributed by atoms with Crippen molar-refractivity contribution < 1.29 is 43.7 Å². The summed E-state index contributed by atoms with van der Waals surface area (Å²) >= 11 is 13.5. The molecule has 0 aromatic heterocycles. The van der Waals surface area contributed by atoms with E-state index in [4.69, 9.17) is 27.9 Å². The number of nitrogens with one attached hydrogen (secondary N) is 1. The molecule has 1 aromatic carbocycles. The predicted octanol–water partition coefficient (Wildman–Crippen LogP) is 2.97. The Morgan fingerprint density at radius 2 is 1.82 bits per heavy atom. The minimum absolute atomic E-state index is 0.192. The topological polar surface area (TPSA) is 167 Å². The third kappa shape index (κ3) is 5.91. The Morgan fingerprint density at radius 3 is 2.36 bits per heavy atom. The zero-order chi connectivity index (χ0) is 29.4. The highest BCUT2D eigenvalue weighted by Crippen LogP contribution is 2.50. The number of carbonyl (C=O) groups excluding carboxylic acids is 4. The number of halogens is 2. The highest BCUT2D eigenvalue weighted by atomic mass is 35.5. The lowest BCUT2D eigenvalue weighted by molar-refractivity contribution is -0.174. The van der Waals surface area contributed by atoms with Gasteiger partial charge in [0.15, 0.2) is 5.78 Å². The second-order valence-electron chi connectivity index (χ2n) is 9.45. The predicted molar refractivity (Wildman–Crippen MR) is 144 cm³/mol. The van der Waals surface area contributed by atoms with Crippen LogP contribution in [0.4, 0.5) is 0 Å². The van der Waals surface area contributed by atoms with Crippen molar-refractivity contribution in [1.82, 2.24) is 10.2 Å². The molecule has 11 nitrogen and oxygen atoms in total. The Labute approximate surface area is 241 Å². The highest BCUT2D eigenvalue weighted by molar-refractivity contribution is 8.01. The van der Waals surface area contributed by atoms with Gasteiger partial charge < -0.3 is 20.3 Å². The van der Waals surface area contributed by atoms with E-state index in [1.165, 1.54) is 39.8 Å². The number of amides is 2. The van der Waals surface area contributed by atoms with E-state index in [2.05, 4.69) is 5.32 Å². The summed E-state index contributed by atoms with van der Waals surface area (Å²) in [5, 5.41) is 19.6. The van der Waals surface area contributed by atoms with E-state index in [-0.39, 0.29) is 12.2 Å². The van der Waals surface area contributed by atoms with Crippen molar-refractivity contribution >= 4 is 82.2 Å². The second kappa shape index (κ2) is 11.4. The van der Waals surface area contributed by atoms with Gasteiger partial charge in [0.1, 0.15) is 21.9 Å². The van der Waals surface area contributed by atoms with Crippen LogP contribution in [0.1, 0.15) is 34.1 Å². The van der Waals surface area contributed by atoms with Gasteiger partial charge in [-0.15, -0.1) is 23.5 Å². The van der Waals surface area contributed by atoms with Crippen LogP contribution in [0.15, 0.2) is 34.4 Å². The van der Waals surface area contributed by atoms with Crippen molar-refractivity contribution in [2.45, 2.75) is 60.8 Å². The number of hydrogen-bond donors (Lipinski definition) is 3. The first-order chi connectivity index (χ1) is 18.0. The molecule has 210 valence electrons. The molecule has 1 aromatic rings. The summed E-state index contributed by atoms with van der Waals surface area (Å²) in [5.74, 6) is -7.66. The Kier molecular flexibility index (Phi) is 9.00. The monoisotopic (exact) mass is 618 g/mol. The number of ketones is 1. The number of thioether (sulfide) groups is 2. The van der Waals surface area contributed by atoms with E-state index in [9.17, 15) is 39.0 Å². The molecule has 1 saturated heterocycles. The summed E-state index contributed by atoms with van der Waals surface area (Å²) in [4.78, 5) is 78.1. The number of benzene rings is 1. The third-order valence-electron chi connectivity index (χ3n) is 5.55. The van der Waals surface area contributed by atoms with Crippen molar-refractivity contribution in [2.75, 3.05) is 5.75 Å². The van der Waals surface area contributed by atoms with Crippen LogP contribution >= 0.6 is 46.7 Å². The molecule has 3 rings (SSSR count). The molecule has 0 saturated carbocycles. The fourth-order valence-electron chi connectivity index (χ4n) is 3.90. The molecule has 2 aliphatic heterocycles. The standard InChI is InChI=1S/C24H24Cl2N2O9S2/c1-5-12(29)15-16(19(33)37-23(2,3)4)28-20(34)24(22(35)36,21(28)39-17(15)18(31)32)27-14(30)9-38-13-8-10(25)6-7-11(13)26/h6-8,17,21H,5,9H2,1-4H3,(H,27,30)(H,31,32)(H,35,36)/t17?,21-,24?/m0/s1. The van der Waals surface area contributed by atoms with E-state index in [0.717, 1.165) is 16.7 Å². The molecule has 0 bridgehead atoms. The fourth-order valence-corrected chi connectivity index (χ4v) is 6.73. The van der Waals surface area contributed by atoms with Crippen LogP contribution in [-0.4, -0.2) is 78.1 Å². The molecular formula is C24H24Cl2N2O9S2. The van der Waals surface area contributed by atoms with E-state index in [0.29, 0.717) is 26.7 Å². The summed E-state index contributed by atoms with van der Waals surface area (Å²) in [5.41, 5.74) is -4.83. The minimum atomic E-state index is -2.61. The summed E-state index contributed by atoms with van der Waals surface area (Å²) in [7, 11) is 0. The third-order valence-corrected chi connectivity index (χ3v) is 8.81. The molecule has 0 spiro atoms. The minimum Gasteiger partial charge on any atom is -0.480 e. The van der Waals surface area contributed by atoms with Gasteiger partial charge >= 0.3 is 17.9 Å². The average Bonchev–Trinajstić information content (AvgIpc) is 2.84. The van der Waals surface area contributed by atoms with Crippen molar-refractivity contribution in [3.63, 3.8) is 0 Å². The Hall–Kier alpha value is -2.74. The first-order valence-corrected chi connectivity index (χ1v) is 14.1. The average molecular weight is 620 g/mol. The Morgan fingerprint density at radius 1 is 1.18 bits per heavy atom. The summed E-state index contributed by atoms with van der Waals surface area (Å²) in [6.45, 7) is 6.03. The number of Topliss-reactive ketones (excluding diaryl/α,β-unsaturated/α-hetero) is 1. The van der Waals surface area contributed by atoms with E-state index < -0.39 is 68.5 Å². The van der Waals surface area contributed by atoms with E-state index >= 15 is 0 Å². The van der Waals surface area contributed by atoms with Crippen molar-refractivity contribution in [3.8, 4) is 0 Å². The summed E-state index contributed by atoms with van der Waals surface area (Å²) < 4.78 is 5.34. The number of carboxylic acid groups (broad SMARTS) is 2. The van der Waals surface area contributed by atoms with Crippen LogP contribution in [0.5, 0.6) is 0 Å². The molecule has 2 aliphatic rings. The van der Waals surface area contributed by atoms with Gasteiger partial charge in [-0.3, -0.25) is 24.1 Å². The van der Waals surface area contributed by atoms with Gasteiger partial charge in [-0.25, -0.2) is 9.59 Å². The van der Waals surface area contributed by atoms with Gasteiger partial charge in [0, 0.05) is 16.3 Å². The zero-order valence-corrected chi connectivity index (χ0v) is 24.2. The quantitative estimate of drug-likeness (QED) is 0.161. The summed E-state index contributed by atoms with van der Waals surface area (Å²) in [6.07, 6.45) is -0.192. The number of fused-ring (bicyclic) bond motifs is 1.